The summed E-state index contributed by atoms with van der Waals surface area (Å²) in [7, 11) is 0.517. The SMILES string of the molecule is C=CC(=O)OCCCCCCCCCC[Si](C)(C)OC. The highest BCUT2D eigenvalue weighted by Crippen LogP contribution is 2.16. The molecule has 0 heterocycles. The molecule has 0 N–H and O–H groups in total. The molecule has 0 fully saturated rings. The molecule has 0 atom stereocenters. The lowest BCUT2D eigenvalue weighted by molar-refractivity contribution is -0.137. The van der Waals surface area contributed by atoms with Crippen LogP contribution in [0.15, 0.2) is 12.7 Å². The summed E-state index contributed by atoms with van der Waals surface area (Å²) >= 11 is 0. The molecule has 0 bridgehead atoms. The maximum absolute atomic E-state index is 10.8. The van der Waals surface area contributed by atoms with Crippen LogP contribution >= 0.6 is 0 Å². The van der Waals surface area contributed by atoms with Crippen LogP contribution < -0.4 is 0 Å². The lowest BCUT2D eigenvalue weighted by atomic mass is 10.1. The summed E-state index contributed by atoms with van der Waals surface area (Å²) in [6.07, 6.45) is 11.2. The lowest BCUT2D eigenvalue weighted by Crippen LogP contribution is -2.27. The van der Waals surface area contributed by atoms with Crippen LogP contribution in [0.1, 0.15) is 51.4 Å². The second-order valence-corrected chi connectivity index (χ2v) is 10.3. The van der Waals surface area contributed by atoms with Gasteiger partial charge >= 0.3 is 5.97 Å². The van der Waals surface area contributed by atoms with E-state index in [2.05, 4.69) is 19.7 Å². The fourth-order valence-corrected chi connectivity index (χ4v) is 3.35. The van der Waals surface area contributed by atoms with Gasteiger partial charge in [0.2, 0.25) is 0 Å². The second-order valence-electron chi connectivity index (χ2n) is 5.91. The molecular formula is C16H32O3Si. The van der Waals surface area contributed by atoms with Crippen molar-refractivity contribution in [1.82, 2.24) is 0 Å². The molecule has 0 aliphatic heterocycles. The van der Waals surface area contributed by atoms with E-state index < -0.39 is 8.32 Å². The van der Waals surface area contributed by atoms with Crippen LogP contribution in [0.2, 0.25) is 19.1 Å². The van der Waals surface area contributed by atoms with Crippen LogP contribution in [0, 0.1) is 0 Å². The number of carbonyl (C=O) groups excluding carboxylic acids is 1. The summed E-state index contributed by atoms with van der Waals surface area (Å²) in [5.41, 5.74) is 0. The van der Waals surface area contributed by atoms with Gasteiger partial charge in [0.25, 0.3) is 0 Å². The Morgan fingerprint density at radius 1 is 1.00 bits per heavy atom. The van der Waals surface area contributed by atoms with Crippen molar-refractivity contribution in [2.45, 2.75) is 70.5 Å². The van der Waals surface area contributed by atoms with E-state index in [9.17, 15) is 4.79 Å². The largest absolute Gasteiger partial charge is 0.463 e. The number of carbonyl (C=O) groups is 1. The summed E-state index contributed by atoms with van der Waals surface area (Å²) in [5.74, 6) is -0.312. The molecule has 0 saturated carbocycles. The normalized spacial score (nSPS) is 11.3. The van der Waals surface area contributed by atoms with Gasteiger partial charge in [-0.05, 0) is 25.6 Å². The number of esters is 1. The van der Waals surface area contributed by atoms with Gasteiger partial charge in [0.15, 0.2) is 8.32 Å². The average molecular weight is 301 g/mol. The first-order chi connectivity index (χ1) is 9.52. The highest BCUT2D eigenvalue weighted by molar-refractivity contribution is 6.71. The molecule has 0 rings (SSSR count). The van der Waals surface area contributed by atoms with Gasteiger partial charge in [-0.15, -0.1) is 0 Å². The van der Waals surface area contributed by atoms with Crippen molar-refractivity contribution in [2.75, 3.05) is 13.7 Å². The number of hydrogen-bond donors (Lipinski definition) is 0. The predicted molar refractivity (Wildman–Crippen MR) is 87.4 cm³/mol. The summed E-state index contributed by atoms with van der Waals surface area (Å²) in [4.78, 5) is 10.8. The van der Waals surface area contributed by atoms with Crippen LogP contribution in [0.5, 0.6) is 0 Å². The quantitative estimate of drug-likeness (QED) is 0.214. The average Bonchev–Trinajstić information content (AvgIpc) is 2.44. The predicted octanol–water partition coefficient (Wildman–Crippen LogP) is 4.69. The van der Waals surface area contributed by atoms with Gasteiger partial charge in [0, 0.05) is 13.2 Å². The zero-order valence-electron chi connectivity index (χ0n) is 13.6. The van der Waals surface area contributed by atoms with Gasteiger partial charge in [0.1, 0.15) is 0 Å². The number of rotatable bonds is 13. The number of unbranched alkanes of at least 4 members (excludes halogenated alkanes) is 7. The van der Waals surface area contributed by atoms with Crippen molar-refractivity contribution in [1.29, 1.82) is 0 Å². The minimum atomic E-state index is -1.33. The van der Waals surface area contributed by atoms with E-state index in [0.717, 1.165) is 12.8 Å². The Bertz CT molecular complexity index is 264. The minimum Gasteiger partial charge on any atom is -0.463 e. The first-order valence-electron chi connectivity index (χ1n) is 7.86. The fraction of sp³-hybridized carbons (Fsp3) is 0.812. The monoisotopic (exact) mass is 300 g/mol. The van der Waals surface area contributed by atoms with Gasteiger partial charge in [-0.3, -0.25) is 0 Å². The Kier molecular flexibility index (Phi) is 11.8. The van der Waals surface area contributed by atoms with E-state index in [1.165, 1.54) is 50.6 Å². The summed E-state index contributed by atoms with van der Waals surface area (Å²) < 4.78 is 10.5. The summed E-state index contributed by atoms with van der Waals surface area (Å²) in [5, 5.41) is 0. The fourth-order valence-electron chi connectivity index (χ4n) is 2.05. The minimum absolute atomic E-state index is 0.312. The Morgan fingerprint density at radius 2 is 1.50 bits per heavy atom. The Hall–Kier alpha value is -0.613. The van der Waals surface area contributed by atoms with Crippen molar-refractivity contribution in [3.05, 3.63) is 12.7 Å². The molecule has 0 unspecified atom stereocenters. The van der Waals surface area contributed by atoms with E-state index in [-0.39, 0.29) is 5.97 Å². The van der Waals surface area contributed by atoms with Gasteiger partial charge < -0.3 is 9.16 Å². The van der Waals surface area contributed by atoms with Crippen LogP contribution in [0.3, 0.4) is 0 Å². The van der Waals surface area contributed by atoms with E-state index in [0.29, 0.717) is 6.61 Å². The highest BCUT2D eigenvalue weighted by atomic mass is 28.4. The molecule has 0 aromatic rings. The maximum atomic E-state index is 10.8. The zero-order valence-corrected chi connectivity index (χ0v) is 14.6. The standard InChI is InChI=1S/C16H32O3Si/c1-5-16(17)19-14-12-10-8-6-7-9-11-13-15-20(3,4)18-2/h5H,1,6-15H2,2-4H3. The van der Waals surface area contributed by atoms with E-state index in [4.69, 9.17) is 9.16 Å². The molecule has 0 saturated heterocycles. The van der Waals surface area contributed by atoms with E-state index >= 15 is 0 Å². The molecule has 0 spiro atoms. The zero-order chi connectivity index (χ0) is 15.3. The molecule has 3 nitrogen and oxygen atoms in total. The second kappa shape index (κ2) is 12.2. The van der Waals surface area contributed by atoms with Crippen molar-refractivity contribution >= 4 is 14.3 Å². The number of ether oxygens (including phenoxy) is 1. The third-order valence-corrected chi connectivity index (χ3v) is 6.30. The first kappa shape index (κ1) is 19.4. The molecule has 0 radical (unpaired) electrons. The van der Waals surface area contributed by atoms with Gasteiger partial charge in [-0.25, -0.2) is 4.79 Å². The molecule has 20 heavy (non-hydrogen) atoms. The highest BCUT2D eigenvalue weighted by Gasteiger charge is 2.18. The number of hydrogen-bond acceptors (Lipinski definition) is 3. The molecular weight excluding hydrogens is 268 g/mol. The smallest absolute Gasteiger partial charge is 0.330 e. The van der Waals surface area contributed by atoms with Gasteiger partial charge in [0.05, 0.1) is 6.61 Å². The molecule has 0 aliphatic carbocycles. The lowest BCUT2D eigenvalue weighted by Gasteiger charge is -2.19. The summed E-state index contributed by atoms with van der Waals surface area (Å²) in [6.45, 7) is 8.46. The van der Waals surface area contributed by atoms with Gasteiger partial charge in [-0.2, -0.15) is 0 Å². The van der Waals surface area contributed by atoms with Gasteiger partial charge in [-0.1, -0.05) is 51.5 Å². The first-order valence-corrected chi connectivity index (χ1v) is 11.0. The molecule has 0 aliphatic rings. The molecule has 118 valence electrons. The Morgan fingerprint density at radius 3 is 2.00 bits per heavy atom. The van der Waals surface area contributed by atoms with Crippen LogP contribution in [-0.4, -0.2) is 28.0 Å². The third-order valence-electron chi connectivity index (χ3n) is 3.64. The van der Waals surface area contributed by atoms with Crippen molar-refractivity contribution in [3.8, 4) is 0 Å². The molecule has 0 amide bonds. The summed E-state index contributed by atoms with van der Waals surface area (Å²) in [6, 6.07) is 1.28. The van der Waals surface area contributed by atoms with E-state index in [1.807, 2.05) is 7.11 Å². The topological polar surface area (TPSA) is 35.5 Å². The maximum Gasteiger partial charge on any atom is 0.330 e. The van der Waals surface area contributed by atoms with E-state index in [1.54, 1.807) is 0 Å². The molecule has 4 heteroatoms. The van der Waals surface area contributed by atoms with Crippen LogP contribution in [0.25, 0.3) is 0 Å². The van der Waals surface area contributed by atoms with Crippen molar-refractivity contribution in [2.24, 2.45) is 0 Å². The van der Waals surface area contributed by atoms with Crippen LogP contribution in [0.4, 0.5) is 0 Å². The Labute approximate surface area is 125 Å². The van der Waals surface area contributed by atoms with Crippen molar-refractivity contribution in [3.63, 3.8) is 0 Å². The van der Waals surface area contributed by atoms with Crippen LogP contribution in [-0.2, 0) is 14.0 Å². The third kappa shape index (κ3) is 12.4. The molecule has 0 aromatic heterocycles. The Balaban J connectivity index is 3.17. The molecule has 0 aromatic carbocycles. The van der Waals surface area contributed by atoms with Crippen molar-refractivity contribution < 1.29 is 14.0 Å².